The van der Waals surface area contributed by atoms with Gasteiger partial charge in [0.1, 0.15) is 16.7 Å². The zero-order valence-corrected chi connectivity index (χ0v) is 15.4. The van der Waals surface area contributed by atoms with Gasteiger partial charge in [-0.25, -0.2) is 4.99 Å². The van der Waals surface area contributed by atoms with Crippen molar-refractivity contribution in [1.29, 1.82) is 0 Å². The van der Waals surface area contributed by atoms with Crippen LogP contribution in [0.5, 0.6) is 0 Å². The van der Waals surface area contributed by atoms with Crippen molar-refractivity contribution in [2.24, 2.45) is 10.7 Å². The summed E-state index contributed by atoms with van der Waals surface area (Å²) in [5.74, 6) is 0. The number of allylic oxidation sites excluding steroid dienone is 1. The third kappa shape index (κ3) is 3.75. The Labute approximate surface area is 162 Å². The summed E-state index contributed by atoms with van der Waals surface area (Å²) in [4.78, 5) is 25.2. The Kier molecular flexibility index (Phi) is 5.77. The van der Waals surface area contributed by atoms with Gasteiger partial charge in [0.15, 0.2) is 5.17 Å². The van der Waals surface area contributed by atoms with Crippen LogP contribution in [0.15, 0.2) is 21.8 Å². The number of hydrogen-bond acceptors (Lipinski definition) is 8. The van der Waals surface area contributed by atoms with E-state index in [4.69, 9.17) is 28.9 Å². The van der Waals surface area contributed by atoms with Crippen LogP contribution in [-0.2, 0) is 6.18 Å². The average molecular weight is 446 g/mol. The predicted octanol–water partition coefficient (Wildman–Crippen LogP) is 4.08. The first-order valence-electron chi connectivity index (χ1n) is 6.65. The van der Waals surface area contributed by atoms with Crippen molar-refractivity contribution in [2.75, 3.05) is 17.8 Å². The van der Waals surface area contributed by atoms with Gasteiger partial charge in [-0.2, -0.15) is 13.2 Å². The Morgan fingerprint density at radius 1 is 1.30 bits per heavy atom. The number of benzene rings is 1. The van der Waals surface area contributed by atoms with Crippen molar-refractivity contribution in [3.8, 4) is 0 Å². The molecule has 1 aromatic rings. The molecule has 0 radical (unpaired) electrons. The van der Waals surface area contributed by atoms with Crippen LogP contribution in [0.4, 0.5) is 30.2 Å². The minimum absolute atomic E-state index is 0.0389. The van der Waals surface area contributed by atoms with Crippen LogP contribution in [-0.4, -0.2) is 27.9 Å². The normalized spacial score (nSPS) is 15.0. The standard InChI is InChI=1S/C12H8Cl2F3N5O4S/c1-27-11-7(18)10(14)19-3-20(11)8-5(21(23)24)2-4(12(15,16)17)6(13)9(8)22(25)26/h2H,3,18H2,1H3. The number of nitrogens with zero attached hydrogens (tertiary/aromatic N) is 4. The second-order valence-electron chi connectivity index (χ2n) is 4.91. The first kappa shape index (κ1) is 21.1. The van der Waals surface area contributed by atoms with Gasteiger partial charge in [0.05, 0.1) is 21.1 Å². The summed E-state index contributed by atoms with van der Waals surface area (Å²) in [6.07, 6.45) is -3.65. The summed E-state index contributed by atoms with van der Waals surface area (Å²) in [6, 6.07) is 0.138. The Bertz CT molecular complexity index is 906. The lowest BCUT2D eigenvalue weighted by Gasteiger charge is -2.28. The lowest BCUT2D eigenvalue weighted by Crippen LogP contribution is -2.31. The second-order valence-corrected chi connectivity index (χ2v) is 6.44. The van der Waals surface area contributed by atoms with Crippen LogP contribution < -0.4 is 10.6 Å². The van der Waals surface area contributed by atoms with E-state index >= 15 is 0 Å². The SMILES string of the molecule is CSC1=C(N)C(Cl)=NCN1c1c([N+](=O)[O-])cc(C(F)(F)F)c(Cl)c1[N+](=O)[O-]. The molecule has 2 rings (SSSR count). The Morgan fingerprint density at radius 2 is 1.89 bits per heavy atom. The van der Waals surface area contributed by atoms with E-state index in [-0.39, 0.29) is 22.0 Å². The highest BCUT2D eigenvalue weighted by atomic mass is 35.5. The molecule has 1 aliphatic rings. The molecule has 2 N–H and O–H groups in total. The number of rotatable bonds is 4. The number of hydrogen-bond donors (Lipinski definition) is 1. The number of thioether (sulfide) groups is 1. The first-order chi connectivity index (χ1) is 12.4. The molecule has 0 aliphatic carbocycles. The summed E-state index contributed by atoms with van der Waals surface area (Å²) >= 11 is 12.3. The summed E-state index contributed by atoms with van der Waals surface area (Å²) in [6.45, 7) is -0.445. The topological polar surface area (TPSA) is 128 Å². The van der Waals surface area contributed by atoms with Gasteiger partial charge in [0, 0.05) is 6.07 Å². The molecule has 1 heterocycles. The van der Waals surface area contributed by atoms with Crippen molar-refractivity contribution >= 4 is 57.2 Å². The first-order valence-corrected chi connectivity index (χ1v) is 8.63. The Hall–Kier alpha value is -2.25. The van der Waals surface area contributed by atoms with Crippen molar-refractivity contribution in [3.63, 3.8) is 0 Å². The molecule has 0 aromatic heterocycles. The maximum Gasteiger partial charge on any atom is 0.418 e. The van der Waals surface area contributed by atoms with Crippen molar-refractivity contribution in [1.82, 2.24) is 0 Å². The van der Waals surface area contributed by atoms with Gasteiger partial charge in [-0.1, -0.05) is 23.2 Å². The van der Waals surface area contributed by atoms with Gasteiger partial charge in [0.2, 0.25) is 5.69 Å². The van der Waals surface area contributed by atoms with Gasteiger partial charge in [0.25, 0.3) is 0 Å². The highest BCUT2D eigenvalue weighted by Gasteiger charge is 2.44. The zero-order valence-electron chi connectivity index (χ0n) is 13.1. The smallest absolute Gasteiger partial charge is 0.394 e. The predicted molar refractivity (Wildman–Crippen MR) is 95.1 cm³/mol. The molecule has 15 heteroatoms. The van der Waals surface area contributed by atoms with E-state index in [2.05, 4.69) is 4.99 Å². The quantitative estimate of drug-likeness (QED) is 0.545. The number of halogens is 5. The average Bonchev–Trinajstić information content (AvgIpc) is 2.54. The van der Waals surface area contributed by atoms with Crippen LogP contribution >= 0.6 is 35.0 Å². The number of anilines is 1. The highest BCUT2D eigenvalue weighted by molar-refractivity contribution is 8.02. The molecule has 1 aliphatic heterocycles. The fourth-order valence-corrected chi connectivity index (χ4v) is 3.51. The second kappa shape index (κ2) is 7.40. The van der Waals surface area contributed by atoms with E-state index in [1.807, 2.05) is 0 Å². The van der Waals surface area contributed by atoms with E-state index < -0.39 is 50.3 Å². The van der Waals surface area contributed by atoms with Gasteiger partial charge < -0.3 is 10.6 Å². The minimum Gasteiger partial charge on any atom is -0.394 e. The number of aliphatic imine (C=N–C) groups is 1. The molecular weight excluding hydrogens is 438 g/mol. The minimum atomic E-state index is -5.15. The number of alkyl halides is 3. The molecule has 0 atom stereocenters. The Balaban J connectivity index is 2.93. The number of nitrogens with two attached hydrogens (primary N) is 1. The molecule has 0 bridgehead atoms. The molecule has 0 spiro atoms. The zero-order chi connectivity index (χ0) is 20.7. The molecule has 0 amide bonds. The number of nitro groups is 2. The fourth-order valence-electron chi connectivity index (χ4n) is 2.31. The summed E-state index contributed by atoms with van der Waals surface area (Å²) in [5, 5.41) is 21.5. The van der Waals surface area contributed by atoms with Gasteiger partial charge in [-0.05, 0) is 6.26 Å². The largest absolute Gasteiger partial charge is 0.418 e. The van der Waals surface area contributed by atoms with Crippen LogP contribution in [0.3, 0.4) is 0 Å². The van der Waals surface area contributed by atoms with Crippen molar-refractivity contribution < 1.29 is 23.0 Å². The van der Waals surface area contributed by atoms with E-state index in [0.29, 0.717) is 0 Å². The van der Waals surface area contributed by atoms with E-state index in [0.717, 1.165) is 16.7 Å². The molecule has 1 aromatic carbocycles. The van der Waals surface area contributed by atoms with E-state index in [9.17, 15) is 33.4 Å². The third-order valence-corrected chi connectivity index (χ3v) is 4.92. The summed E-state index contributed by atoms with van der Waals surface area (Å²) in [5.41, 5.74) is 0.671. The van der Waals surface area contributed by atoms with E-state index in [1.165, 1.54) is 6.26 Å². The molecule has 0 saturated heterocycles. The van der Waals surface area contributed by atoms with Gasteiger partial charge in [-0.3, -0.25) is 20.2 Å². The third-order valence-electron chi connectivity index (χ3n) is 3.39. The molecule has 0 fully saturated rings. The molecule has 9 nitrogen and oxygen atoms in total. The molecule has 146 valence electrons. The molecule has 0 saturated carbocycles. The Morgan fingerprint density at radius 3 is 2.33 bits per heavy atom. The van der Waals surface area contributed by atoms with E-state index in [1.54, 1.807) is 0 Å². The molecule has 27 heavy (non-hydrogen) atoms. The highest BCUT2D eigenvalue weighted by Crippen LogP contribution is 2.50. The summed E-state index contributed by atoms with van der Waals surface area (Å²) < 4.78 is 39.4. The lowest BCUT2D eigenvalue weighted by molar-refractivity contribution is -0.392. The van der Waals surface area contributed by atoms with Gasteiger partial charge >= 0.3 is 17.6 Å². The van der Waals surface area contributed by atoms with Crippen LogP contribution in [0.25, 0.3) is 0 Å². The lowest BCUT2D eigenvalue weighted by atomic mass is 10.1. The molecular formula is C12H8Cl2F3N5O4S. The fraction of sp³-hybridized carbons (Fsp3) is 0.250. The van der Waals surface area contributed by atoms with Crippen LogP contribution in [0.1, 0.15) is 5.56 Å². The maximum atomic E-state index is 13.1. The van der Waals surface area contributed by atoms with Crippen molar-refractivity contribution in [3.05, 3.63) is 47.6 Å². The van der Waals surface area contributed by atoms with Gasteiger partial charge in [-0.15, -0.1) is 11.8 Å². The van der Waals surface area contributed by atoms with Crippen LogP contribution in [0.2, 0.25) is 5.02 Å². The monoisotopic (exact) mass is 445 g/mol. The number of nitro benzene ring substituents is 2. The maximum absolute atomic E-state index is 13.1. The van der Waals surface area contributed by atoms with Crippen LogP contribution in [0, 0.1) is 20.2 Å². The molecule has 0 unspecified atom stereocenters. The van der Waals surface area contributed by atoms with Crippen molar-refractivity contribution in [2.45, 2.75) is 6.18 Å². The summed E-state index contributed by atoms with van der Waals surface area (Å²) in [7, 11) is 0.